The molecule has 2 aromatic rings. The third-order valence-electron chi connectivity index (χ3n) is 3.10. The van der Waals surface area contributed by atoms with Crippen LogP contribution in [0.25, 0.3) is 0 Å². The Morgan fingerprint density at radius 3 is 2.86 bits per heavy atom. The van der Waals surface area contributed by atoms with Gasteiger partial charge in [-0.05, 0) is 17.9 Å². The summed E-state index contributed by atoms with van der Waals surface area (Å²) in [7, 11) is 1.87. The Balaban J connectivity index is 1.75. The number of nitrogens with two attached hydrogens (primary N) is 1. The molecule has 22 heavy (non-hydrogen) atoms. The third-order valence-corrected chi connectivity index (χ3v) is 5.11. The number of aromatic nitrogens is 3. The molecule has 0 unspecified atom stereocenters. The predicted molar refractivity (Wildman–Crippen MR) is 87.1 cm³/mol. The lowest BCUT2D eigenvalue weighted by Gasteiger charge is -2.03. The highest BCUT2D eigenvalue weighted by molar-refractivity contribution is 7.99. The number of thiophene rings is 1. The fourth-order valence-corrected chi connectivity index (χ4v) is 3.44. The number of aryl methyl sites for hydroxylation is 1. The average Bonchev–Trinajstić information content (AvgIpc) is 3.12. The Hall–Kier alpha value is -1.67. The van der Waals surface area contributed by atoms with Gasteiger partial charge in [0.25, 0.3) is 0 Å². The predicted octanol–water partition coefficient (Wildman–Crippen LogP) is 2.05. The highest BCUT2D eigenvalue weighted by Gasteiger charge is 2.11. The molecule has 2 heterocycles. The standard InChI is InChI=1S/C14H18N4O2S2/c1-18-13(7-6-12(15)20)16-17-14(18)22-9-2-4-10(19)11-5-3-8-21-11/h3,5,8H,2,4,6-7,9H2,1H3,(H2,15,20). The van der Waals surface area contributed by atoms with Crippen LogP contribution in [0.5, 0.6) is 0 Å². The van der Waals surface area contributed by atoms with Crippen LogP contribution < -0.4 is 5.73 Å². The third kappa shape index (κ3) is 4.67. The van der Waals surface area contributed by atoms with Crippen molar-refractivity contribution in [2.45, 2.75) is 30.8 Å². The maximum absolute atomic E-state index is 11.9. The molecule has 0 saturated heterocycles. The van der Waals surface area contributed by atoms with E-state index < -0.39 is 0 Å². The molecule has 0 atom stereocenters. The molecule has 0 aliphatic rings. The van der Waals surface area contributed by atoms with E-state index in [0.29, 0.717) is 12.8 Å². The highest BCUT2D eigenvalue weighted by Crippen LogP contribution is 2.19. The fraction of sp³-hybridized carbons (Fsp3) is 0.429. The average molecular weight is 338 g/mol. The number of hydrogen-bond acceptors (Lipinski definition) is 6. The first-order chi connectivity index (χ1) is 10.6. The van der Waals surface area contributed by atoms with Gasteiger partial charge in [0.15, 0.2) is 10.9 Å². The van der Waals surface area contributed by atoms with E-state index in [2.05, 4.69) is 10.2 Å². The van der Waals surface area contributed by atoms with Crippen molar-refractivity contribution in [1.82, 2.24) is 14.8 Å². The van der Waals surface area contributed by atoms with Crippen molar-refractivity contribution in [1.29, 1.82) is 0 Å². The molecule has 2 aromatic heterocycles. The first-order valence-corrected chi connectivity index (χ1v) is 8.80. The Bertz CT molecular complexity index is 637. The van der Waals surface area contributed by atoms with E-state index in [-0.39, 0.29) is 18.1 Å². The second-order valence-electron chi connectivity index (χ2n) is 4.78. The Labute approximate surface area is 137 Å². The van der Waals surface area contributed by atoms with Gasteiger partial charge in [0.05, 0.1) is 4.88 Å². The summed E-state index contributed by atoms with van der Waals surface area (Å²) in [5.74, 6) is 1.40. The molecule has 0 aliphatic carbocycles. The first-order valence-electron chi connectivity index (χ1n) is 6.94. The van der Waals surface area contributed by atoms with Crippen LogP contribution in [0.15, 0.2) is 22.7 Å². The zero-order valence-electron chi connectivity index (χ0n) is 12.3. The van der Waals surface area contributed by atoms with Gasteiger partial charge in [-0.15, -0.1) is 21.5 Å². The van der Waals surface area contributed by atoms with Gasteiger partial charge in [0.1, 0.15) is 5.82 Å². The van der Waals surface area contributed by atoms with Crippen LogP contribution in [-0.4, -0.2) is 32.2 Å². The molecule has 2 rings (SSSR count). The summed E-state index contributed by atoms with van der Waals surface area (Å²) >= 11 is 3.04. The van der Waals surface area contributed by atoms with E-state index in [0.717, 1.165) is 28.0 Å². The number of ketones is 1. The second kappa shape index (κ2) is 8.09. The largest absolute Gasteiger partial charge is 0.370 e. The van der Waals surface area contributed by atoms with E-state index in [1.165, 1.54) is 11.3 Å². The molecule has 118 valence electrons. The van der Waals surface area contributed by atoms with Crippen molar-refractivity contribution in [2.75, 3.05) is 5.75 Å². The molecule has 2 N–H and O–H groups in total. The zero-order chi connectivity index (χ0) is 15.9. The molecule has 0 spiro atoms. The minimum absolute atomic E-state index is 0.190. The molecular formula is C14H18N4O2S2. The fourth-order valence-electron chi connectivity index (χ4n) is 1.88. The van der Waals surface area contributed by atoms with Crippen molar-refractivity contribution < 1.29 is 9.59 Å². The summed E-state index contributed by atoms with van der Waals surface area (Å²) in [6, 6.07) is 3.74. The van der Waals surface area contributed by atoms with Gasteiger partial charge in [-0.1, -0.05) is 17.8 Å². The van der Waals surface area contributed by atoms with Crippen LogP contribution in [0.2, 0.25) is 0 Å². The topological polar surface area (TPSA) is 90.9 Å². The highest BCUT2D eigenvalue weighted by atomic mass is 32.2. The molecule has 0 fully saturated rings. The number of amides is 1. The lowest BCUT2D eigenvalue weighted by molar-refractivity contribution is -0.118. The molecule has 0 radical (unpaired) electrons. The number of rotatable bonds is 9. The van der Waals surface area contributed by atoms with Crippen molar-refractivity contribution in [3.8, 4) is 0 Å². The lowest BCUT2D eigenvalue weighted by atomic mass is 10.2. The van der Waals surface area contributed by atoms with E-state index >= 15 is 0 Å². The van der Waals surface area contributed by atoms with Gasteiger partial charge in [-0.3, -0.25) is 9.59 Å². The van der Waals surface area contributed by atoms with E-state index in [1.54, 1.807) is 11.8 Å². The van der Waals surface area contributed by atoms with E-state index in [4.69, 9.17) is 5.73 Å². The van der Waals surface area contributed by atoms with E-state index in [9.17, 15) is 9.59 Å². The smallest absolute Gasteiger partial charge is 0.217 e. The SMILES string of the molecule is Cn1c(CCC(N)=O)nnc1SCCCC(=O)c1cccs1. The molecular weight excluding hydrogens is 320 g/mol. The van der Waals surface area contributed by atoms with Gasteiger partial charge in [-0.25, -0.2) is 0 Å². The monoisotopic (exact) mass is 338 g/mol. The molecule has 0 bridgehead atoms. The molecule has 0 aliphatic heterocycles. The maximum atomic E-state index is 11.9. The maximum Gasteiger partial charge on any atom is 0.217 e. The number of thioether (sulfide) groups is 1. The number of primary amides is 1. The molecule has 0 aromatic carbocycles. The van der Waals surface area contributed by atoms with Crippen LogP contribution >= 0.6 is 23.1 Å². The normalized spacial score (nSPS) is 10.8. The van der Waals surface area contributed by atoms with Crippen LogP contribution in [-0.2, 0) is 18.3 Å². The van der Waals surface area contributed by atoms with Gasteiger partial charge in [-0.2, -0.15) is 0 Å². The van der Waals surface area contributed by atoms with Gasteiger partial charge in [0.2, 0.25) is 5.91 Å². The Morgan fingerprint density at radius 2 is 2.18 bits per heavy atom. The molecule has 8 heteroatoms. The number of carbonyl (C=O) groups is 2. The van der Waals surface area contributed by atoms with Crippen molar-refractivity contribution in [2.24, 2.45) is 12.8 Å². The van der Waals surface area contributed by atoms with Crippen molar-refractivity contribution >= 4 is 34.8 Å². The summed E-state index contributed by atoms with van der Waals surface area (Å²) in [4.78, 5) is 23.5. The van der Waals surface area contributed by atoms with Gasteiger partial charge < -0.3 is 10.3 Å². The van der Waals surface area contributed by atoms with Crippen molar-refractivity contribution in [3.05, 3.63) is 28.2 Å². The number of nitrogens with zero attached hydrogens (tertiary/aromatic N) is 3. The van der Waals surface area contributed by atoms with Crippen LogP contribution in [0, 0.1) is 0 Å². The first kappa shape index (κ1) is 16.7. The quantitative estimate of drug-likeness (QED) is 0.429. The van der Waals surface area contributed by atoms with Gasteiger partial charge >= 0.3 is 0 Å². The zero-order valence-corrected chi connectivity index (χ0v) is 14.0. The van der Waals surface area contributed by atoms with E-state index in [1.807, 2.05) is 29.1 Å². The summed E-state index contributed by atoms with van der Waals surface area (Å²) in [6.45, 7) is 0. The second-order valence-corrected chi connectivity index (χ2v) is 6.79. The summed E-state index contributed by atoms with van der Waals surface area (Å²) in [5, 5.41) is 10.9. The lowest BCUT2D eigenvalue weighted by Crippen LogP contribution is -2.12. The summed E-state index contributed by atoms with van der Waals surface area (Å²) in [5.41, 5.74) is 5.13. The molecule has 1 amide bonds. The Kier molecular flexibility index (Phi) is 6.14. The van der Waals surface area contributed by atoms with Crippen LogP contribution in [0.1, 0.15) is 34.8 Å². The molecule has 6 nitrogen and oxygen atoms in total. The number of hydrogen-bond donors (Lipinski definition) is 1. The minimum Gasteiger partial charge on any atom is -0.370 e. The van der Waals surface area contributed by atoms with Crippen LogP contribution in [0.3, 0.4) is 0 Å². The van der Waals surface area contributed by atoms with Crippen LogP contribution in [0.4, 0.5) is 0 Å². The summed E-state index contributed by atoms with van der Waals surface area (Å²) < 4.78 is 1.87. The van der Waals surface area contributed by atoms with Gasteiger partial charge in [0, 0.05) is 32.1 Å². The number of carbonyl (C=O) groups excluding carboxylic acids is 2. The minimum atomic E-state index is -0.343. The Morgan fingerprint density at radius 1 is 1.36 bits per heavy atom. The number of Topliss-reactive ketones (excluding diaryl/α,β-unsaturated/α-hetero) is 1. The molecule has 0 saturated carbocycles. The van der Waals surface area contributed by atoms with Crippen molar-refractivity contribution in [3.63, 3.8) is 0 Å². The summed E-state index contributed by atoms with van der Waals surface area (Å²) in [6.07, 6.45) is 2.10.